The summed E-state index contributed by atoms with van der Waals surface area (Å²) in [5, 5.41) is 11.2. The summed E-state index contributed by atoms with van der Waals surface area (Å²) in [6.45, 7) is 2.16. The Morgan fingerprint density at radius 3 is 2.71 bits per heavy atom. The van der Waals surface area contributed by atoms with E-state index in [1.165, 1.54) is 11.3 Å². The van der Waals surface area contributed by atoms with Crippen LogP contribution in [0.4, 0.5) is 0 Å². The predicted molar refractivity (Wildman–Crippen MR) is 85.0 cm³/mol. The lowest BCUT2D eigenvalue weighted by atomic mass is 10.3. The van der Waals surface area contributed by atoms with Crippen molar-refractivity contribution in [3.8, 4) is 0 Å². The van der Waals surface area contributed by atoms with Crippen molar-refractivity contribution in [3.63, 3.8) is 0 Å². The van der Waals surface area contributed by atoms with E-state index in [9.17, 15) is 13.5 Å². The van der Waals surface area contributed by atoms with E-state index < -0.39 is 10.0 Å². The van der Waals surface area contributed by atoms with Crippen LogP contribution in [0.1, 0.15) is 28.2 Å². The summed E-state index contributed by atoms with van der Waals surface area (Å²) in [7, 11) is -3.48. The summed E-state index contributed by atoms with van der Waals surface area (Å²) in [5.74, 6) is 0. The molecule has 0 saturated heterocycles. The Morgan fingerprint density at radius 1 is 1.43 bits per heavy atom. The van der Waals surface area contributed by atoms with Gasteiger partial charge in [0.25, 0.3) is 10.0 Å². The minimum Gasteiger partial charge on any atom is -0.391 e. The molecule has 0 bridgehead atoms. The van der Waals surface area contributed by atoms with Gasteiger partial charge in [0, 0.05) is 22.3 Å². The van der Waals surface area contributed by atoms with Crippen LogP contribution in [0.5, 0.6) is 0 Å². The molecule has 0 aromatic carbocycles. The minimum absolute atomic E-state index is 0.111. The summed E-state index contributed by atoms with van der Waals surface area (Å²) < 4.78 is 27.7. The molecule has 0 atom stereocenters. The maximum absolute atomic E-state index is 12.9. The van der Waals surface area contributed by atoms with Gasteiger partial charge in [0.2, 0.25) is 0 Å². The minimum atomic E-state index is -3.48. The zero-order valence-electron chi connectivity index (χ0n) is 11.7. The molecule has 114 valence electrons. The van der Waals surface area contributed by atoms with Crippen LogP contribution >= 0.6 is 22.7 Å². The van der Waals surface area contributed by atoms with Crippen molar-refractivity contribution < 1.29 is 13.5 Å². The largest absolute Gasteiger partial charge is 0.391 e. The highest BCUT2D eigenvalue weighted by Crippen LogP contribution is 2.37. The van der Waals surface area contributed by atoms with E-state index in [-0.39, 0.29) is 12.6 Å². The second-order valence-electron chi connectivity index (χ2n) is 5.19. The van der Waals surface area contributed by atoms with Gasteiger partial charge < -0.3 is 5.11 Å². The second kappa shape index (κ2) is 5.81. The molecular formula is C14H17NO3S3. The Balaban J connectivity index is 1.93. The summed E-state index contributed by atoms with van der Waals surface area (Å²) >= 11 is 2.75. The first-order valence-electron chi connectivity index (χ1n) is 6.77. The van der Waals surface area contributed by atoms with Crippen molar-refractivity contribution in [1.29, 1.82) is 0 Å². The molecule has 1 aliphatic carbocycles. The Hall–Kier alpha value is -0.730. The van der Waals surface area contributed by atoms with Crippen LogP contribution in [0.2, 0.25) is 0 Å². The van der Waals surface area contributed by atoms with Gasteiger partial charge in [-0.05, 0) is 42.8 Å². The topological polar surface area (TPSA) is 57.6 Å². The van der Waals surface area contributed by atoms with E-state index in [0.717, 1.165) is 28.2 Å². The summed E-state index contributed by atoms with van der Waals surface area (Å²) in [5.41, 5.74) is 0.841. The third-order valence-corrected chi connectivity index (χ3v) is 7.98. The average molecular weight is 343 g/mol. The molecule has 3 rings (SSSR count). The zero-order chi connectivity index (χ0) is 15.0. The maximum atomic E-state index is 12.9. The van der Waals surface area contributed by atoms with Gasteiger partial charge in [0.1, 0.15) is 4.21 Å². The number of hydrogen-bond donors (Lipinski definition) is 1. The number of aliphatic hydroxyl groups is 1. The van der Waals surface area contributed by atoms with E-state index in [2.05, 4.69) is 0 Å². The van der Waals surface area contributed by atoms with Crippen molar-refractivity contribution in [2.75, 3.05) is 0 Å². The van der Waals surface area contributed by atoms with E-state index in [0.29, 0.717) is 10.8 Å². The zero-order valence-corrected chi connectivity index (χ0v) is 14.1. The fourth-order valence-corrected chi connectivity index (χ4v) is 6.24. The van der Waals surface area contributed by atoms with Crippen LogP contribution in [0.3, 0.4) is 0 Å². The van der Waals surface area contributed by atoms with Gasteiger partial charge in [-0.15, -0.1) is 22.7 Å². The van der Waals surface area contributed by atoms with Crippen molar-refractivity contribution in [1.82, 2.24) is 4.31 Å². The quantitative estimate of drug-likeness (QED) is 0.877. The van der Waals surface area contributed by atoms with Gasteiger partial charge in [-0.3, -0.25) is 0 Å². The number of sulfonamides is 1. The van der Waals surface area contributed by atoms with E-state index in [1.807, 2.05) is 24.4 Å². The van der Waals surface area contributed by atoms with Gasteiger partial charge in [-0.2, -0.15) is 4.31 Å². The molecule has 2 heterocycles. The van der Waals surface area contributed by atoms with E-state index >= 15 is 0 Å². The maximum Gasteiger partial charge on any atom is 0.253 e. The number of thiophene rings is 2. The molecule has 0 radical (unpaired) electrons. The number of rotatable bonds is 6. The molecule has 1 aliphatic rings. The highest BCUT2D eigenvalue weighted by atomic mass is 32.2. The third-order valence-electron chi connectivity index (χ3n) is 3.55. The second-order valence-corrected chi connectivity index (χ2v) is 9.48. The predicted octanol–water partition coefficient (Wildman–Crippen LogP) is 2.96. The molecule has 7 heteroatoms. The van der Waals surface area contributed by atoms with Crippen LogP contribution in [0, 0.1) is 6.92 Å². The molecule has 0 unspecified atom stereocenters. The van der Waals surface area contributed by atoms with Crippen molar-refractivity contribution in [2.45, 2.75) is 43.2 Å². The third kappa shape index (κ3) is 3.07. The Kier molecular flexibility index (Phi) is 4.20. The Labute approximate surface area is 132 Å². The molecule has 0 spiro atoms. The molecule has 4 nitrogen and oxygen atoms in total. The lowest BCUT2D eigenvalue weighted by molar-refractivity contribution is 0.285. The van der Waals surface area contributed by atoms with Gasteiger partial charge in [0.15, 0.2) is 0 Å². The van der Waals surface area contributed by atoms with Crippen LogP contribution in [-0.2, 0) is 23.2 Å². The van der Waals surface area contributed by atoms with Crippen molar-refractivity contribution in [2.24, 2.45) is 0 Å². The SMILES string of the molecule is Cc1cc(S(=O)(=O)N(Cc2cccs2)C2CC2)sc1CO. The smallest absolute Gasteiger partial charge is 0.253 e. The lowest BCUT2D eigenvalue weighted by Gasteiger charge is -2.20. The molecule has 21 heavy (non-hydrogen) atoms. The highest BCUT2D eigenvalue weighted by Gasteiger charge is 2.39. The van der Waals surface area contributed by atoms with Gasteiger partial charge in [0.05, 0.1) is 6.61 Å². The highest BCUT2D eigenvalue weighted by molar-refractivity contribution is 7.91. The molecule has 1 fully saturated rings. The number of aliphatic hydroxyl groups excluding tert-OH is 1. The number of hydrogen-bond acceptors (Lipinski definition) is 5. The normalized spacial score (nSPS) is 15.8. The molecule has 2 aromatic heterocycles. The van der Waals surface area contributed by atoms with Crippen molar-refractivity contribution in [3.05, 3.63) is 38.9 Å². The summed E-state index contributed by atoms with van der Waals surface area (Å²) in [4.78, 5) is 1.78. The van der Waals surface area contributed by atoms with Crippen LogP contribution in [0.25, 0.3) is 0 Å². The van der Waals surface area contributed by atoms with E-state index in [4.69, 9.17) is 0 Å². The fourth-order valence-electron chi connectivity index (χ4n) is 2.22. The molecule has 0 aliphatic heterocycles. The Morgan fingerprint density at radius 2 is 2.19 bits per heavy atom. The van der Waals surface area contributed by atoms with Crippen molar-refractivity contribution >= 4 is 32.7 Å². The molecule has 1 N–H and O–H groups in total. The van der Waals surface area contributed by atoms with Crippen LogP contribution < -0.4 is 0 Å². The molecular weight excluding hydrogens is 326 g/mol. The summed E-state index contributed by atoms with van der Waals surface area (Å²) in [6, 6.07) is 5.71. The lowest BCUT2D eigenvalue weighted by Crippen LogP contribution is -2.31. The number of nitrogens with zero attached hydrogens (tertiary/aromatic N) is 1. The van der Waals surface area contributed by atoms with Crippen LogP contribution in [-0.4, -0.2) is 23.9 Å². The molecule has 0 amide bonds. The fraction of sp³-hybridized carbons (Fsp3) is 0.429. The first kappa shape index (κ1) is 15.2. The first-order chi connectivity index (χ1) is 10.0. The number of aryl methyl sites for hydroxylation is 1. The van der Waals surface area contributed by atoms with E-state index in [1.54, 1.807) is 21.7 Å². The Bertz CT molecular complexity index is 715. The van der Waals surface area contributed by atoms with Gasteiger partial charge in [-0.25, -0.2) is 8.42 Å². The van der Waals surface area contributed by atoms with Gasteiger partial charge in [-0.1, -0.05) is 6.07 Å². The monoisotopic (exact) mass is 343 g/mol. The standard InChI is InChI=1S/C14H17NO3S3/c1-10-7-14(20-13(10)9-16)21(17,18)15(11-4-5-11)8-12-3-2-6-19-12/h2-3,6-7,11,16H,4-5,8-9H2,1H3. The average Bonchev–Trinajstić information content (AvgIpc) is 3.00. The molecule has 1 saturated carbocycles. The first-order valence-corrected chi connectivity index (χ1v) is 9.90. The van der Waals surface area contributed by atoms with Crippen LogP contribution in [0.15, 0.2) is 27.8 Å². The summed E-state index contributed by atoms with van der Waals surface area (Å²) in [6.07, 6.45) is 1.86. The molecule has 2 aromatic rings. The van der Waals surface area contributed by atoms with Gasteiger partial charge >= 0.3 is 0 Å².